The second kappa shape index (κ2) is 9.67. The van der Waals surface area contributed by atoms with Crippen molar-refractivity contribution in [3.05, 3.63) is 70.5 Å². The molecule has 172 valence electrons. The highest BCUT2D eigenvalue weighted by molar-refractivity contribution is 6.30. The molecule has 2 amide bonds. The highest BCUT2D eigenvalue weighted by Crippen LogP contribution is 2.30. The van der Waals surface area contributed by atoms with Crippen LogP contribution in [-0.4, -0.2) is 34.7 Å². The van der Waals surface area contributed by atoms with E-state index in [1.807, 2.05) is 67.1 Å². The zero-order chi connectivity index (χ0) is 23.5. The van der Waals surface area contributed by atoms with E-state index in [1.54, 1.807) is 0 Å². The van der Waals surface area contributed by atoms with Crippen LogP contribution in [0.1, 0.15) is 29.8 Å². The molecule has 0 atom stereocenters. The third-order valence-electron chi connectivity index (χ3n) is 6.27. The van der Waals surface area contributed by atoms with Crippen molar-refractivity contribution in [3.8, 4) is 5.69 Å². The van der Waals surface area contributed by atoms with Crippen LogP contribution in [0.15, 0.2) is 48.5 Å². The first-order chi connectivity index (χ1) is 15.8. The predicted octanol–water partition coefficient (Wildman–Crippen LogP) is 4.03. The summed E-state index contributed by atoms with van der Waals surface area (Å²) in [5.41, 5.74) is 10.7. The number of piperidine rings is 1. The Labute approximate surface area is 198 Å². The molecule has 4 rings (SSSR count). The molecule has 8 heteroatoms. The number of para-hydroxylation sites is 2. The molecule has 3 aromatic rings. The average Bonchev–Trinajstić information content (AvgIpc) is 3.08. The van der Waals surface area contributed by atoms with Gasteiger partial charge < -0.3 is 16.0 Å². The number of nitrogens with zero attached hydrogens (tertiary/aromatic N) is 3. The smallest absolute Gasteiger partial charge is 0.228 e. The summed E-state index contributed by atoms with van der Waals surface area (Å²) in [5, 5.41) is 8.37. The van der Waals surface area contributed by atoms with Crippen LogP contribution in [0.5, 0.6) is 0 Å². The van der Waals surface area contributed by atoms with Gasteiger partial charge in [0.2, 0.25) is 11.8 Å². The summed E-state index contributed by atoms with van der Waals surface area (Å²) in [6, 6.07) is 15.2. The molecule has 1 fully saturated rings. The maximum atomic E-state index is 13.0. The van der Waals surface area contributed by atoms with Crippen LogP contribution < -0.4 is 16.0 Å². The molecule has 1 saturated heterocycles. The Morgan fingerprint density at radius 2 is 1.76 bits per heavy atom. The van der Waals surface area contributed by atoms with Crippen LogP contribution in [-0.2, 0) is 16.0 Å². The Kier molecular flexibility index (Phi) is 6.70. The monoisotopic (exact) mass is 465 g/mol. The van der Waals surface area contributed by atoms with Crippen molar-refractivity contribution in [3.63, 3.8) is 0 Å². The summed E-state index contributed by atoms with van der Waals surface area (Å²) in [6.45, 7) is 5.34. The molecule has 33 heavy (non-hydrogen) atoms. The van der Waals surface area contributed by atoms with Crippen molar-refractivity contribution in [2.75, 3.05) is 23.3 Å². The molecule has 0 bridgehead atoms. The second-order valence-electron chi connectivity index (χ2n) is 8.44. The van der Waals surface area contributed by atoms with E-state index in [0.29, 0.717) is 5.02 Å². The zero-order valence-corrected chi connectivity index (χ0v) is 19.6. The van der Waals surface area contributed by atoms with E-state index in [-0.39, 0.29) is 24.2 Å². The van der Waals surface area contributed by atoms with Crippen molar-refractivity contribution < 1.29 is 9.59 Å². The normalized spacial score (nSPS) is 14.3. The number of hydrogen-bond donors (Lipinski definition) is 2. The molecule has 7 nitrogen and oxygen atoms in total. The van der Waals surface area contributed by atoms with Gasteiger partial charge in [-0.2, -0.15) is 5.10 Å². The molecule has 0 spiro atoms. The molecule has 1 aliphatic heterocycles. The highest BCUT2D eigenvalue weighted by Gasteiger charge is 2.25. The van der Waals surface area contributed by atoms with Gasteiger partial charge in [-0.3, -0.25) is 9.59 Å². The molecular weight excluding hydrogens is 438 g/mol. The molecule has 0 saturated carbocycles. The van der Waals surface area contributed by atoms with Gasteiger partial charge in [0.25, 0.3) is 0 Å². The van der Waals surface area contributed by atoms with E-state index >= 15 is 0 Å². The number of carbonyl (C=O) groups is 2. The van der Waals surface area contributed by atoms with Crippen LogP contribution in [0.3, 0.4) is 0 Å². The maximum absolute atomic E-state index is 13.0. The third kappa shape index (κ3) is 5.03. The van der Waals surface area contributed by atoms with Crippen molar-refractivity contribution >= 4 is 34.8 Å². The minimum absolute atomic E-state index is 0.0777. The lowest BCUT2D eigenvalue weighted by atomic mass is 9.96. The van der Waals surface area contributed by atoms with Crippen LogP contribution in [0, 0.1) is 19.8 Å². The third-order valence-corrected chi connectivity index (χ3v) is 6.52. The molecule has 0 radical (unpaired) electrons. The van der Waals surface area contributed by atoms with E-state index in [2.05, 4.69) is 15.3 Å². The minimum Gasteiger partial charge on any atom is -0.370 e. The Morgan fingerprint density at radius 1 is 1.09 bits per heavy atom. The number of anilines is 2. The van der Waals surface area contributed by atoms with Crippen LogP contribution in [0.4, 0.5) is 11.4 Å². The number of aryl methyl sites for hydroxylation is 1. The largest absolute Gasteiger partial charge is 0.370 e. The lowest BCUT2D eigenvalue weighted by molar-refractivity contribution is -0.122. The number of rotatable bonds is 6. The van der Waals surface area contributed by atoms with Gasteiger partial charge in [0.05, 0.1) is 29.2 Å². The summed E-state index contributed by atoms with van der Waals surface area (Å²) in [5.74, 6) is -0.413. The number of hydrogen-bond acceptors (Lipinski definition) is 4. The Balaban J connectivity index is 1.48. The molecule has 1 aliphatic rings. The first-order valence-electron chi connectivity index (χ1n) is 11.1. The standard InChI is InChI=1S/C25H28ClN5O2/c1-16-21(17(2)31(29-16)20-9-7-19(26)8-10-20)15-24(32)28-22-5-3-4-6-23(22)30-13-11-18(12-14-30)25(27)33/h3-10,18H,11-15H2,1-2H3,(H2,27,33)(H,28,32). The van der Waals surface area contributed by atoms with Crippen LogP contribution in [0.25, 0.3) is 5.69 Å². The molecular formula is C25H28ClN5O2. The van der Waals surface area contributed by atoms with Gasteiger partial charge in [-0.1, -0.05) is 23.7 Å². The molecule has 2 heterocycles. The van der Waals surface area contributed by atoms with E-state index in [4.69, 9.17) is 17.3 Å². The van der Waals surface area contributed by atoms with Crippen LogP contribution >= 0.6 is 11.6 Å². The summed E-state index contributed by atoms with van der Waals surface area (Å²) in [4.78, 5) is 26.7. The lowest BCUT2D eigenvalue weighted by Crippen LogP contribution is -2.38. The summed E-state index contributed by atoms with van der Waals surface area (Å²) in [7, 11) is 0. The van der Waals surface area contributed by atoms with Gasteiger partial charge in [0, 0.05) is 35.3 Å². The molecule has 0 aliphatic carbocycles. The summed E-state index contributed by atoms with van der Waals surface area (Å²) in [6.07, 6.45) is 1.67. The number of benzene rings is 2. The minimum atomic E-state index is -0.235. The maximum Gasteiger partial charge on any atom is 0.228 e. The van der Waals surface area contributed by atoms with E-state index in [1.165, 1.54) is 0 Å². The van der Waals surface area contributed by atoms with Crippen molar-refractivity contribution in [2.45, 2.75) is 33.1 Å². The fourth-order valence-electron chi connectivity index (χ4n) is 4.38. The summed E-state index contributed by atoms with van der Waals surface area (Å²) < 4.78 is 1.84. The number of amides is 2. The van der Waals surface area contributed by atoms with Gasteiger partial charge in [-0.05, 0) is 63.1 Å². The van der Waals surface area contributed by atoms with Crippen molar-refractivity contribution in [2.24, 2.45) is 11.7 Å². The SMILES string of the molecule is Cc1nn(-c2ccc(Cl)cc2)c(C)c1CC(=O)Nc1ccccc1N1CCC(C(N)=O)CC1. The number of nitrogens with two attached hydrogens (primary N) is 1. The van der Waals surface area contributed by atoms with Gasteiger partial charge in [0.1, 0.15) is 0 Å². The van der Waals surface area contributed by atoms with Gasteiger partial charge in [-0.15, -0.1) is 0 Å². The number of aromatic nitrogens is 2. The molecule has 0 unspecified atom stereocenters. The van der Waals surface area contributed by atoms with Crippen molar-refractivity contribution in [1.82, 2.24) is 9.78 Å². The van der Waals surface area contributed by atoms with Gasteiger partial charge in [-0.25, -0.2) is 4.68 Å². The predicted molar refractivity (Wildman–Crippen MR) is 131 cm³/mol. The highest BCUT2D eigenvalue weighted by atomic mass is 35.5. The van der Waals surface area contributed by atoms with E-state index in [9.17, 15) is 9.59 Å². The molecule has 1 aromatic heterocycles. The van der Waals surface area contributed by atoms with Crippen LogP contribution in [0.2, 0.25) is 5.02 Å². The van der Waals surface area contributed by atoms with E-state index in [0.717, 1.165) is 59.9 Å². The number of halogens is 1. The molecule has 2 aromatic carbocycles. The average molecular weight is 466 g/mol. The number of nitrogens with one attached hydrogen (secondary N) is 1. The summed E-state index contributed by atoms with van der Waals surface area (Å²) >= 11 is 6.00. The first-order valence-corrected chi connectivity index (χ1v) is 11.5. The first kappa shape index (κ1) is 22.9. The lowest BCUT2D eigenvalue weighted by Gasteiger charge is -2.33. The number of primary amides is 1. The zero-order valence-electron chi connectivity index (χ0n) is 18.8. The quantitative estimate of drug-likeness (QED) is 0.574. The Bertz CT molecular complexity index is 1160. The second-order valence-corrected chi connectivity index (χ2v) is 8.88. The Hall–Kier alpha value is -3.32. The number of carbonyl (C=O) groups excluding carboxylic acids is 2. The van der Waals surface area contributed by atoms with Crippen molar-refractivity contribution in [1.29, 1.82) is 0 Å². The topological polar surface area (TPSA) is 93.2 Å². The van der Waals surface area contributed by atoms with E-state index < -0.39 is 0 Å². The fourth-order valence-corrected chi connectivity index (χ4v) is 4.51. The van der Waals surface area contributed by atoms with Gasteiger partial charge in [0.15, 0.2) is 0 Å². The molecule has 3 N–H and O–H groups in total. The fraction of sp³-hybridized carbons (Fsp3) is 0.320. The van der Waals surface area contributed by atoms with Gasteiger partial charge >= 0.3 is 0 Å². The Morgan fingerprint density at radius 3 is 2.42 bits per heavy atom.